The van der Waals surface area contributed by atoms with Gasteiger partial charge in [-0.25, -0.2) is 4.39 Å². The number of piperidine rings is 1. The lowest BCUT2D eigenvalue weighted by molar-refractivity contribution is 0.183. The highest BCUT2D eigenvalue weighted by Gasteiger charge is 2.23. The fraction of sp³-hybridized carbons (Fsp3) is 0.625. The second kappa shape index (κ2) is 6.93. The van der Waals surface area contributed by atoms with Crippen molar-refractivity contribution in [1.29, 1.82) is 0 Å². The van der Waals surface area contributed by atoms with Crippen LogP contribution in [0.4, 0.5) is 10.1 Å². The van der Waals surface area contributed by atoms with E-state index in [1.54, 1.807) is 6.07 Å². The van der Waals surface area contributed by atoms with Gasteiger partial charge in [-0.1, -0.05) is 6.92 Å². The highest BCUT2D eigenvalue weighted by atomic mass is 19.1. The highest BCUT2D eigenvalue weighted by molar-refractivity contribution is 5.48. The zero-order valence-electron chi connectivity index (χ0n) is 12.7. The molecule has 4 heteroatoms. The molecular weight excluding hydrogens is 255 g/mol. The van der Waals surface area contributed by atoms with Crippen molar-refractivity contribution in [2.24, 2.45) is 5.92 Å². The molecule has 1 heterocycles. The van der Waals surface area contributed by atoms with Crippen LogP contribution in [0.3, 0.4) is 0 Å². The molecule has 1 aliphatic heterocycles. The molecule has 1 atom stereocenters. The Kier molecular flexibility index (Phi) is 5.24. The van der Waals surface area contributed by atoms with Gasteiger partial charge in [0.1, 0.15) is 0 Å². The smallest absolute Gasteiger partial charge is 0.167 e. The second-order valence-electron chi connectivity index (χ2n) is 5.55. The van der Waals surface area contributed by atoms with E-state index in [4.69, 9.17) is 4.74 Å². The van der Waals surface area contributed by atoms with Crippen LogP contribution in [-0.4, -0.2) is 37.7 Å². The van der Waals surface area contributed by atoms with Gasteiger partial charge in [-0.15, -0.1) is 0 Å². The fourth-order valence-corrected chi connectivity index (χ4v) is 2.91. The minimum Gasteiger partial charge on any atom is -0.494 e. The monoisotopic (exact) mass is 280 g/mol. The van der Waals surface area contributed by atoms with Crippen molar-refractivity contribution < 1.29 is 9.13 Å². The first-order valence-corrected chi connectivity index (χ1v) is 7.46. The summed E-state index contributed by atoms with van der Waals surface area (Å²) in [6.07, 6.45) is 2.42. The molecule has 0 saturated carbocycles. The van der Waals surface area contributed by atoms with E-state index >= 15 is 0 Å². The maximum absolute atomic E-state index is 13.7. The van der Waals surface area contributed by atoms with Crippen LogP contribution in [0.2, 0.25) is 0 Å². The largest absolute Gasteiger partial charge is 0.494 e. The van der Waals surface area contributed by atoms with Gasteiger partial charge in [0.15, 0.2) is 11.6 Å². The summed E-state index contributed by atoms with van der Waals surface area (Å²) >= 11 is 0. The van der Waals surface area contributed by atoms with Crippen molar-refractivity contribution in [3.63, 3.8) is 0 Å². The Morgan fingerprint density at radius 2 is 2.10 bits per heavy atom. The van der Waals surface area contributed by atoms with E-state index in [0.717, 1.165) is 12.2 Å². The normalized spacial score (nSPS) is 18.8. The molecule has 1 saturated heterocycles. The molecular formula is C16H25FN2O. The summed E-state index contributed by atoms with van der Waals surface area (Å²) < 4.78 is 18.6. The van der Waals surface area contributed by atoms with E-state index in [2.05, 4.69) is 24.1 Å². The van der Waals surface area contributed by atoms with Gasteiger partial charge in [0, 0.05) is 17.8 Å². The number of ether oxygens (including phenoxy) is 1. The average molecular weight is 280 g/mol. The molecule has 1 fully saturated rings. The van der Waals surface area contributed by atoms with Gasteiger partial charge in [-0.3, -0.25) is 0 Å². The lowest BCUT2D eigenvalue weighted by atomic mass is 9.90. The number of hydrogen-bond acceptors (Lipinski definition) is 3. The van der Waals surface area contributed by atoms with Crippen LogP contribution in [-0.2, 0) is 0 Å². The molecule has 1 aliphatic rings. The zero-order valence-corrected chi connectivity index (χ0v) is 12.7. The van der Waals surface area contributed by atoms with Crippen LogP contribution in [0.25, 0.3) is 0 Å². The Labute approximate surface area is 121 Å². The number of anilines is 1. The molecule has 1 unspecified atom stereocenters. The lowest BCUT2D eigenvalue weighted by Crippen LogP contribution is -2.39. The number of rotatable bonds is 5. The summed E-state index contributed by atoms with van der Waals surface area (Å²) in [4.78, 5) is 2.48. The molecule has 1 aromatic rings. The average Bonchev–Trinajstić information content (AvgIpc) is 2.47. The fourth-order valence-electron chi connectivity index (χ4n) is 2.91. The second-order valence-corrected chi connectivity index (χ2v) is 5.55. The molecule has 1 aromatic carbocycles. The molecule has 0 bridgehead atoms. The van der Waals surface area contributed by atoms with Gasteiger partial charge in [-0.2, -0.15) is 0 Å². The number of hydrogen-bond donors (Lipinski definition) is 1. The molecule has 0 aromatic heterocycles. The maximum Gasteiger partial charge on any atom is 0.167 e. The topological polar surface area (TPSA) is 24.5 Å². The standard InChI is InChI=1S/C16H25FN2O/c1-4-19-9-7-13(8-10-19)12(2)18-14-5-6-16(20-3)15(17)11-14/h5-6,11-13,18H,4,7-10H2,1-3H3. The first-order chi connectivity index (χ1) is 9.63. The van der Waals surface area contributed by atoms with E-state index in [1.165, 1.54) is 39.1 Å². The molecule has 1 N–H and O–H groups in total. The Bertz CT molecular complexity index is 430. The summed E-state index contributed by atoms with van der Waals surface area (Å²) in [7, 11) is 1.48. The van der Waals surface area contributed by atoms with Crippen molar-refractivity contribution in [2.75, 3.05) is 32.1 Å². The van der Waals surface area contributed by atoms with Crippen LogP contribution >= 0.6 is 0 Å². The molecule has 20 heavy (non-hydrogen) atoms. The molecule has 0 radical (unpaired) electrons. The molecule has 0 aliphatic carbocycles. The Morgan fingerprint density at radius 1 is 1.40 bits per heavy atom. The first kappa shape index (κ1) is 15.1. The minimum atomic E-state index is -0.314. The van der Waals surface area contributed by atoms with Crippen LogP contribution in [0.1, 0.15) is 26.7 Å². The van der Waals surface area contributed by atoms with Crippen molar-refractivity contribution in [3.05, 3.63) is 24.0 Å². The maximum atomic E-state index is 13.7. The van der Waals surface area contributed by atoms with Crippen molar-refractivity contribution >= 4 is 5.69 Å². The van der Waals surface area contributed by atoms with Gasteiger partial charge in [0.25, 0.3) is 0 Å². The number of benzene rings is 1. The van der Waals surface area contributed by atoms with Gasteiger partial charge < -0.3 is 15.0 Å². The van der Waals surface area contributed by atoms with Crippen molar-refractivity contribution in [2.45, 2.75) is 32.7 Å². The molecule has 0 amide bonds. The van der Waals surface area contributed by atoms with E-state index < -0.39 is 0 Å². The minimum absolute atomic E-state index is 0.291. The Hall–Kier alpha value is -1.29. The SMILES string of the molecule is CCN1CCC(C(C)Nc2ccc(OC)c(F)c2)CC1. The van der Waals surface area contributed by atoms with Crippen molar-refractivity contribution in [3.8, 4) is 5.75 Å². The van der Waals surface area contributed by atoms with Crippen LogP contribution < -0.4 is 10.1 Å². The van der Waals surface area contributed by atoms with E-state index in [-0.39, 0.29) is 5.82 Å². The highest BCUT2D eigenvalue weighted by Crippen LogP contribution is 2.25. The van der Waals surface area contributed by atoms with E-state index in [1.807, 2.05) is 6.07 Å². The number of nitrogens with one attached hydrogen (secondary N) is 1. The third-order valence-electron chi connectivity index (χ3n) is 4.33. The summed E-state index contributed by atoms with van der Waals surface area (Å²) in [5.74, 6) is 0.632. The summed E-state index contributed by atoms with van der Waals surface area (Å²) in [5, 5.41) is 3.42. The summed E-state index contributed by atoms with van der Waals surface area (Å²) in [5.41, 5.74) is 0.828. The summed E-state index contributed by atoms with van der Waals surface area (Å²) in [6.45, 7) is 7.88. The Balaban J connectivity index is 1.91. The first-order valence-electron chi connectivity index (χ1n) is 7.46. The van der Waals surface area contributed by atoms with Crippen molar-refractivity contribution in [1.82, 2.24) is 4.90 Å². The number of methoxy groups -OCH3 is 1. The van der Waals surface area contributed by atoms with Crippen LogP contribution in [0, 0.1) is 11.7 Å². The van der Waals surface area contributed by atoms with Gasteiger partial charge in [-0.05, 0) is 57.5 Å². The Morgan fingerprint density at radius 3 is 2.65 bits per heavy atom. The van der Waals surface area contributed by atoms with E-state index in [9.17, 15) is 4.39 Å². The number of nitrogens with zero attached hydrogens (tertiary/aromatic N) is 1. The van der Waals surface area contributed by atoms with Crippen LogP contribution in [0.15, 0.2) is 18.2 Å². The molecule has 0 spiro atoms. The van der Waals surface area contributed by atoms with Gasteiger partial charge in [0.2, 0.25) is 0 Å². The predicted molar refractivity (Wildman–Crippen MR) is 80.9 cm³/mol. The van der Waals surface area contributed by atoms with Gasteiger partial charge >= 0.3 is 0 Å². The van der Waals surface area contributed by atoms with Crippen LogP contribution in [0.5, 0.6) is 5.75 Å². The third-order valence-corrected chi connectivity index (χ3v) is 4.33. The lowest BCUT2D eigenvalue weighted by Gasteiger charge is -2.34. The summed E-state index contributed by atoms with van der Waals surface area (Å²) in [6, 6.07) is 5.42. The third kappa shape index (κ3) is 3.63. The molecule has 112 valence electrons. The number of likely N-dealkylation sites (tertiary alicyclic amines) is 1. The molecule has 3 nitrogen and oxygen atoms in total. The number of halogens is 1. The molecule has 2 rings (SSSR count). The zero-order chi connectivity index (χ0) is 14.5. The predicted octanol–water partition coefficient (Wildman–Crippen LogP) is 3.37. The van der Waals surface area contributed by atoms with E-state index in [0.29, 0.717) is 17.7 Å². The van der Waals surface area contributed by atoms with Gasteiger partial charge in [0.05, 0.1) is 7.11 Å². The quantitative estimate of drug-likeness (QED) is 0.895.